The van der Waals surface area contributed by atoms with Crippen LogP contribution in [-0.4, -0.2) is 22.8 Å². The van der Waals surface area contributed by atoms with Gasteiger partial charge in [-0.25, -0.2) is 0 Å². The van der Waals surface area contributed by atoms with E-state index >= 15 is 0 Å². The second-order valence-corrected chi connectivity index (χ2v) is 6.08. The summed E-state index contributed by atoms with van der Waals surface area (Å²) in [7, 11) is 0. The third kappa shape index (κ3) is 4.28. The zero-order chi connectivity index (χ0) is 13.6. The fourth-order valence-electron chi connectivity index (χ4n) is 1.97. The molecule has 20 heavy (non-hydrogen) atoms. The van der Waals surface area contributed by atoms with Crippen molar-refractivity contribution in [1.29, 1.82) is 0 Å². The first kappa shape index (κ1) is 13.5. The quantitative estimate of drug-likeness (QED) is 0.759. The third-order valence-corrected chi connectivity index (χ3v) is 4.08. The van der Waals surface area contributed by atoms with Crippen molar-refractivity contribution in [3.63, 3.8) is 0 Å². The predicted molar refractivity (Wildman–Crippen MR) is 80.0 cm³/mol. The molecule has 0 unspecified atom stereocenters. The van der Waals surface area contributed by atoms with Crippen LogP contribution in [-0.2, 0) is 13.0 Å². The molecule has 106 valence electrons. The highest BCUT2D eigenvalue weighted by atomic mass is 32.1. The normalized spacial score (nSPS) is 14.4. The summed E-state index contributed by atoms with van der Waals surface area (Å²) in [5.41, 5.74) is 1.35. The van der Waals surface area contributed by atoms with Crippen molar-refractivity contribution in [3.8, 4) is 5.19 Å². The van der Waals surface area contributed by atoms with Gasteiger partial charge in [0.2, 0.25) is 0 Å². The van der Waals surface area contributed by atoms with E-state index in [0.29, 0.717) is 17.8 Å². The molecule has 1 saturated carbocycles. The molecular formula is C15H19N3OS. The van der Waals surface area contributed by atoms with E-state index in [1.807, 2.05) is 6.07 Å². The zero-order valence-corrected chi connectivity index (χ0v) is 12.2. The topological polar surface area (TPSA) is 47.0 Å². The predicted octanol–water partition coefficient (Wildman–Crippen LogP) is 2.80. The highest BCUT2D eigenvalue weighted by Crippen LogP contribution is 2.22. The Kier molecular flexibility index (Phi) is 4.61. The van der Waals surface area contributed by atoms with Crippen LogP contribution < -0.4 is 10.1 Å². The van der Waals surface area contributed by atoms with Crippen molar-refractivity contribution in [2.24, 2.45) is 0 Å². The van der Waals surface area contributed by atoms with Crippen LogP contribution in [0.3, 0.4) is 0 Å². The van der Waals surface area contributed by atoms with E-state index < -0.39 is 0 Å². The van der Waals surface area contributed by atoms with Gasteiger partial charge in [-0.15, -0.1) is 10.2 Å². The number of rotatable bonds is 8. The highest BCUT2D eigenvalue weighted by Gasteiger charge is 2.20. The van der Waals surface area contributed by atoms with Gasteiger partial charge in [0.1, 0.15) is 5.01 Å². The van der Waals surface area contributed by atoms with Crippen LogP contribution >= 0.6 is 11.3 Å². The molecule has 0 spiro atoms. The number of nitrogens with zero attached hydrogens (tertiary/aromatic N) is 2. The summed E-state index contributed by atoms with van der Waals surface area (Å²) in [5, 5.41) is 13.3. The summed E-state index contributed by atoms with van der Waals surface area (Å²) in [4.78, 5) is 0. The molecule has 1 aromatic carbocycles. The van der Waals surface area contributed by atoms with Crippen LogP contribution in [0.1, 0.15) is 29.8 Å². The Morgan fingerprint density at radius 1 is 1.20 bits per heavy atom. The number of nitrogens with one attached hydrogen (secondary N) is 1. The molecule has 4 nitrogen and oxygen atoms in total. The lowest BCUT2D eigenvalue weighted by atomic mass is 10.1. The van der Waals surface area contributed by atoms with Crippen LogP contribution in [0.25, 0.3) is 0 Å². The molecule has 1 aliphatic carbocycles. The molecule has 0 amide bonds. The summed E-state index contributed by atoms with van der Waals surface area (Å²) in [6.45, 7) is 1.51. The summed E-state index contributed by atoms with van der Waals surface area (Å²) in [6.07, 6.45) is 4.62. The number of ether oxygens (including phenoxy) is 1. The molecule has 0 bridgehead atoms. The minimum atomic E-state index is 0.686. The van der Waals surface area contributed by atoms with Gasteiger partial charge in [0.05, 0.1) is 13.2 Å². The van der Waals surface area contributed by atoms with Gasteiger partial charge in [0.15, 0.2) is 0 Å². The van der Waals surface area contributed by atoms with Gasteiger partial charge in [-0.1, -0.05) is 41.7 Å². The number of hydrogen-bond acceptors (Lipinski definition) is 5. The van der Waals surface area contributed by atoms with Crippen LogP contribution in [0, 0.1) is 0 Å². The van der Waals surface area contributed by atoms with E-state index in [2.05, 4.69) is 39.8 Å². The molecular weight excluding hydrogens is 270 g/mol. The Labute approximate surface area is 123 Å². The zero-order valence-electron chi connectivity index (χ0n) is 11.4. The van der Waals surface area contributed by atoms with Gasteiger partial charge >= 0.3 is 0 Å². The smallest absolute Gasteiger partial charge is 0.294 e. The first-order valence-electron chi connectivity index (χ1n) is 7.12. The lowest BCUT2D eigenvalue weighted by Crippen LogP contribution is -2.14. The lowest BCUT2D eigenvalue weighted by Gasteiger charge is -2.02. The van der Waals surface area contributed by atoms with Crippen LogP contribution in [0.4, 0.5) is 0 Å². The van der Waals surface area contributed by atoms with Crippen molar-refractivity contribution in [3.05, 3.63) is 40.9 Å². The second-order valence-electron chi connectivity index (χ2n) is 5.05. The molecule has 0 aliphatic heterocycles. The average Bonchev–Trinajstić information content (AvgIpc) is 3.21. The Morgan fingerprint density at radius 3 is 2.85 bits per heavy atom. The molecule has 1 aliphatic rings. The van der Waals surface area contributed by atoms with Gasteiger partial charge in [0, 0.05) is 6.04 Å². The minimum Gasteiger partial charge on any atom is -0.469 e. The monoisotopic (exact) mass is 289 g/mol. The number of hydrogen-bond donors (Lipinski definition) is 1. The molecule has 1 fully saturated rings. The van der Waals surface area contributed by atoms with Crippen molar-refractivity contribution in [1.82, 2.24) is 15.5 Å². The summed E-state index contributed by atoms with van der Waals surface area (Å²) in [6, 6.07) is 11.2. The van der Waals surface area contributed by atoms with Crippen LogP contribution in [0.5, 0.6) is 5.19 Å². The van der Waals surface area contributed by atoms with Crippen molar-refractivity contribution >= 4 is 11.3 Å². The molecule has 1 aromatic heterocycles. The standard InChI is InChI=1S/C15H19N3OS/c1-2-5-12(6-3-1)7-4-10-19-15-18-17-14(20-15)11-16-13-8-9-13/h1-3,5-6,13,16H,4,7-11H2. The third-order valence-electron chi connectivity index (χ3n) is 3.25. The van der Waals surface area contributed by atoms with E-state index in [1.165, 1.54) is 18.4 Å². The molecule has 2 aromatic rings. The Hall–Kier alpha value is -1.46. The summed E-state index contributed by atoms with van der Waals surface area (Å²) in [5.74, 6) is 0. The fraction of sp³-hybridized carbons (Fsp3) is 0.467. The maximum Gasteiger partial charge on any atom is 0.294 e. The van der Waals surface area contributed by atoms with E-state index in [-0.39, 0.29) is 0 Å². The Balaban J connectivity index is 1.35. The molecule has 1 heterocycles. The van der Waals surface area contributed by atoms with Gasteiger partial charge in [-0.2, -0.15) is 0 Å². The molecule has 1 N–H and O–H groups in total. The molecule has 0 saturated heterocycles. The van der Waals surface area contributed by atoms with Gasteiger partial charge in [0.25, 0.3) is 5.19 Å². The molecule has 5 heteroatoms. The van der Waals surface area contributed by atoms with Gasteiger partial charge in [-0.3, -0.25) is 0 Å². The lowest BCUT2D eigenvalue weighted by molar-refractivity contribution is 0.307. The molecule has 0 radical (unpaired) electrons. The Morgan fingerprint density at radius 2 is 2.05 bits per heavy atom. The van der Waals surface area contributed by atoms with Crippen LogP contribution in [0.2, 0.25) is 0 Å². The van der Waals surface area contributed by atoms with Crippen molar-refractivity contribution in [2.75, 3.05) is 6.61 Å². The van der Waals surface area contributed by atoms with Crippen molar-refractivity contribution < 1.29 is 4.74 Å². The summed E-state index contributed by atoms with van der Waals surface area (Å²) < 4.78 is 5.65. The maximum absolute atomic E-state index is 5.65. The van der Waals surface area contributed by atoms with Crippen LogP contribution in [0.15, 0.2) is 30.3 Å². The number of aromatic nitrogens is 2. The number of benzene rings is 1. The van der Waals surface area contributed by atoms with Crippen molar-refractivity contribution in [2.45, 2.75) is 38.3 Å². The van der Waals surface area contributed by atoms with Gasteiger partial charge in [-0.05, 0) is 31.2 Å². The van der Waals surface area contributed by atoms with E-state index in [1.54, 1.807) is 11.3 Å². The number of aryl methyl sites for hydroxylation is 1. The maximum atomic E-state index is 5.65. The minimum absolute atomic E-state index is 0.686. The first-order valence-corrected chi connectivity index (χ1v) is 7.94. The highest BCUT2D eigenvalue weighted by molar-refractivity contribution is 7.13. The fourth-order valence-corrected chi connectivity index (χ4v) is 2.63. The first-order chi connectivity index (χ1) is 9.90. The second kappa shape index (κ2) is 6.81. The molecule has 3 rings (SSSR count). The largest absolute Gasteiger partial charge is 0.469 e. The van der Waals surface area contributed by atoms with Gasteiger partial charge < -0.3 is 10.1 Å². The van der Waals surface area contributed by atoms with E-state index in [4.69, 9.17) is 4.74 Å². The average molecular weight is 289 g/mol. The Bertz CT molecular complexity index is 525. The van der Waals surface area contributed by atoms with E-state index in [9.17, 15) is 0 Å². The summed E-state index contributed by atoms with van der Waals surface area (Å²) >= 11 is 1.54. The molecule has 0 atom stereocenters. The SMILES string of the molecule is c1ccc(CCCOc2nnc(CNC3CC3)s2)cc1. The van der Waals surface area contributed by atoms with E-state index in [0.717, 1.165) is 24.4 Å².